The third kappa shape index (κ3) is 16.4. The van der Waals surface area contributed by atoms with Gasteiger partial charge in [-0.15, -0.1) is 0 Å². The topological polar surface area (TPSA) is 66.8 Å². The predicted molar refractivity (Wildman–Crippen MR) is 108 cm³/mol. The molecule has 0 aliphatic carbocycles. The van der Waals surface area contributed by atoms with Crippen LogP contribution in [0.4, 0.5) is 0 Å². The molecule has 2 N–H and O–H groups in total. The number of rotatable bonds is 19. The van der Waals surface area contributed by atoms with E-state index in [-0.39, 0.29) is 5.57 Å². The van der Waals surface area contributed by atoms with Crippen LogP contribution in [0.25, 0.3) is 0 Å². The van der Waals surface area contributed by atoms with Gasteiger partial charge in [0.1, 0.15) is 0 Å². The first-order chi connectivity index (χ1) is 12.8. The van der Waals surface area contributed by atoms with Crippen molar-refractivity contribution in [2.45, 2.75) is 110 Å². The van der Waals surface area contributed by atoms with E-state index in [0.717, 1.165) is 12.8 Å². The molecule has 0 unspecified atom stereocenters. The molecule has 0 heterocycles. The average Bonchev–Trinajstić information content (AvgIpc) is 2.65. The van der Waals surface area contributed by atoms with Crippen molar-refractivity contribution < 1.29 is 19.7 Å². The van der Waals surface area contributed by atoms with Gasteiger partial charge in [-0.1, -0.05) is 103 Å². The Morgan fingerprint density at radius 2 is 1.12 bits per heavy atom. The summed E-state index contributed by atoms with van der Waals surface area (Å²) in [5, 5.41) is 17.5. The number of unbranched alkanes of at least 4 members (excludes halogenated alkanes) is 15. The maximum atomic E-state index is 11.4. The maximum absolute atomic E-state index is 11.4. The second-order valence-corrected chi connectivity index (χ2v) is 7.25. The van der Waals surface area contributed by atoms with E-state index in [1.807, 2.05) is 0 Å². The molecule has 0 atom stereocenters. The molecule has 0 aliphatic heterocycles. The second kappa shape index (κ2) is 20.3. The third-order valence-corrected chi connectivity index (χ3v) is 4.82. The van der Waals surface area contributed by atoms with Crippen LogP contribution in [0.3, 0.4) is 0 Å². The van der Waals surface area contributed by atoms with E-state index in [0.29, 0.717) is 12.9 Å². The molecule has 154 valence electrons. The number of esters is 1. The Morgan fingerprint density at radius 1 is 0.731 bits per heavy atom. The van der Waals surface area contributed by atoms with Gasteiger partial charge in [-0.05, 0) is 6.42 Å². The molecule has 0 aromatic carbocycles. The van der Waals surface area contributed by atoms with Crippen molar-refractivity contribution in [3.63, 3.8) is 0 Å². The van der Waals surface area contributed by atoms with Crippen molar-refractivity contribution in [3.8, 4) is 0 Å². The second-order valence-electron chi connectivity index (χ2n) is 7.25. The molecule has 0 aromatic heterocycles. The molecule has 4 heteroatoms. The lowest BCUT2D eigenvalue weighted by atomic mass is 10.0. The molecule has 0 fully saturated rings. The van der Waals surface area contributed by atoms with Gasteiger partial charge in [0.15, 0.2) is 0 Å². The minimum Gasteiger partial charge on any atom is -0.515 e. The van der Waals surface area contributed by atoms with Gasteiger partial charge in [-0.25, -0.2) is 4.79 Å². The van der Waals surface area contributed by atoms with E-state index >= 15 is 0 Å². The van der Waals surface area contributed by atoms with Crippen LogP contribution in [0, 0.1) is 0 Å². The largest absolute Gasteiger partial charge is 0.515 e. The molecule has 0 radical (unpaired) electrons. The van der Waals surface area contributed by atoms with Gasteiger partial charge < -0.3 is 14.9 Å². The van der Waals surface area contributed by atoms with Crippen molar-refractivity contribution >= 4 is 5.97 Å². The Kier molecular flexibility index (Phi) is 19.5. The van der Waals surface area contributed by atoms with Crippen molar-refractivity contribution in [1.29, 1.82) is 0 Å². The summed E-state index contributed by atoms with van der Waals surface area (Å²) in [6.07, 6.45) is 21.6. The Morgan fingerprint density at radius 3 is 1.46 bits per heavy atom. The third-order valence-electron chi connectivity index (χ3n) is 4.82. The van der Waals surface area contributed by atoms with E-state index in [4.69, 9.17) is 14.9 Å². The number of aliphatic hydroxyl groups is 2. The monoisotopic (exact) mass is 370 g/mol. The first-order valence-corrected chi connectivity index (χ1v) is 10.9. The van der Waals surface area contributed by atoms with Crippen LogP contribution in [0.15, 0.2) is 11.8 Å². The average molecular weight is 371 g/mol. The minimum absolute atomic E-state index is 0.0958. The van der Waals surface area contributed by atoms with Crippen LogP contribution >= 0.6 is 0 Å². The summed E-state index contributed by atoms with van der Waals surface area (Å²) in [6, 6.07) is 0. The molecule has 0 spiro atoms. The number of aliphatic hydroxyl groups excluding tert-OH is 2. The quantitative estimate of drug-likeness (QED) is 0.122. The zero-order valence-corrected chi connectivity index (χ0v) is 17.0. The Hall–Kier alpha value is -1.03. The van der Waals surface area contributed by atoms with Gasteiger partial charge in [0.25, 0.3) is 0 Å². The molecule has 0 aliphatic rings. The molecule has 26 heavy (non-hydrogen) atoms. The van der Waals surface area contributed by atoms with E-state index in [1.165, 1.54) is 89.9 Å². The number of carbonyl (C=O) groups is 1. The smallest absolute Gasteiger partial charge is 0.339 e. The summed E-state index contributed by atoms with van der Waals surface area (Å²) in [6.45, 7) is 2.13. The van der Waals surface area contributed by atoms with Gasteiger partial charge in [0.2, 0.25) is 0 Å². The lowest BCUT2D eigenvalue weighted by Crippen LogP contribution is -2.11. The molecule has 0 saturated carbocycles. The fourth-order valence-corrected chi connectivity index (χ4v) is 3.07. The first-order valence-electron chi connectivity index (χ1n) is 10.9. The summed E-state index contributed by atoms with van der Waals surface area (Å²) in [4.78, 5) is 11.4. The summed E-state index contributed by atoms with van der Waals surface area (Å²) in [5.74, 6) is -0.629. The highest BCUT2D eigenvalue weighted by Crippen LogP contribution is 2.13. The van der Waals surface area contributed by atoms with Crippen LogP contribution in [0.1, 0.15) is 110 Å². The van der Waals surface area contributed by atoms with Crippen molar-refractivity contribution in [2.24, 2.45) is 0 Å². The number of hydrogen-bond acceptors (Lipinski definition) is 4. The Bertz CT molecular complexity index is 339. The number of carbonyl (C=O) groups excluding carboxylic acids is 1. The van der Waals surface area contributed by atoms with Crippen molar-refractivity contribution in [2.75, 3.05) is 13.2 Å². The normalized spacial score (nSPS) is 11.7. The molecular weight excluding hydrogens is 328 g/mol. The van der Waals surface area contributed by atoms with E-state index < -0.39 is 12.6 Å². The molecule has 0 bridgehead atoms. The molecule has 4 nitrogen and oxygen atoms in total. The predicted octanol–water partition coefficient (Wildman–Crippen LogP) is 6.23. The maximum Gasteiger partial charge on any atom is 0.339 e. The minimum atomic E-state index is -0.629. The van der Waals surface area contributed by atoms with Crippen LogP contribution in [0.5, 0.6) is 0 Å². The zero-order valence-electron chi connectivity index (χ0n) is 17.0. The Balaban J connectivity index is 3.17. The fourth-order valence-electron chi connectivity index (χ4n) is 3.07. The van der Waals surface area contributed by atoms with Gasteiger partial charge in [-0.3, -0.25) is 0 Å². The molecular formula is C22H42O4. The lowest BCUT2D eigenvalue weighted by Gasteiger charge is -2.05. The SMILES string of the molecule is CCCCCCCCCCCCCCCCCCOC(=O)C(=CO)CO. The van der Waals surface area contributed by atoms with Crippen molar-refractivity contribution in [1.82, 2.24) is 0 Å². The van der Waals surface area contributed by atoms with Gasteiger partial charge in [0.05, 0.1) is 25.0 Å². The summed E-state index contributed by atoms with van der Waals surface area (Å²) in [5.41, 5.74) is -0.0958. The van der Waals surface area contributed by atoms with E-state index in [9.17, 15) is 4.79 Å². The number of hydrogen-bond donors (Lipinski definition) is 2. The zero-order chi connectivity index (χ0) is 19.3. The van der Waals surface area contributed by atoms with Crippen LogP contribution in [0.2, 0.25) is 0 Å². The highest BCUT2D eigenvalue weighted by Gasteiger charge is 2.09. The summed E-state index contributed by atoms with van der Waals surface area (Å²) >= 11 is 0. The summed E-state index contributed by atoms with van der Waals surface area (Å²) in [7, 11) is 0. The first kappa shape index (κ1) is 25.0. The standard InChI is InChI=1S/C22H42O4/c1-2-3-4-5-6-7-8-9-10-11-12-13-14-15-16-17-18-26-22(25)21(19-23)20-24/h19,23-24H,2-18,20H2,1H3. The van der Waals surface area contributed by atoms with Crippen LogP contribution < -0.4 is 0 Å². The molecule has 0 saturated heterocycles. The molecule has 0 amide bonds. The van der Waals surface area contributed by atoms with Crippen LogP contribution in [-0.2, 0) is 9.53 Å². The van der Waals surface area contributed by atoms with Gasteiger partial charge in [-0.2, -0.15) is 0 Å². The summed E-state index contributed by atoms with van der Waals surface area (Å²) < 4.78 is 4.98. The van der Waals surface area contributed by atoms with Gasteiger partial charge >= 0.3 is 5.97 Å². The van der Waals surface area contributed by atoms with E-state index in [2.05, 4.69) is 6.92 Å². The molecule has 0 aromatic rings. The highest BCUT2D eigenvalue weighted by atomic mass is 16.5. The lowest BCUT2D eigenvalue weighted by molar-refractivity contribution is -0.139. The van der Waals surface area contributed by atoms with Crippen molar-refractivity contribution in [3.05, 3.63) is 11.8 Å². The van der Waals surface area contributed by atoms with Crippen LogP contribution in [-0.4, -0.2) is 29.4 Å². The van der Waals surface area contributed by atoms with Gasteiger partial charge in [0, 0.05) is 0 Å². The Labute approximate surface area is 161 Å². The molecule has 0 rings (SSSR count). The highest BCUT2D eigenvalue weighted by molar-refractivity contribution is 5.88. The van der Waals surface area contributed by atoms with E-state index in [1.54, 1.807) is 0 Å². The number of ether oxygens (including phenoxy) is 1. The fraction of sp³-hybridized carbons (Fsp3) is 0.864.